The average molecular weight is 508 g/mol. The number of ether oxygens (including phenoxy) is 2. The maximum Gasteiger partial charge on any atom is 0.410 e. The number of fused-ring (bicyclic) bond motifs is 1. The van der Waals surface area contributed by atoms with Crippen LogP contribution in [-0.2, 0) is 11.2 Å². The fraction of sp³-hybridized carbons (Fsp3) is 0.333. The van der Waals surface area contributed by atoms with Crippen molar-refractivity contribution in [1.29, 1.82) is 0 Å². The van der Waals surface area contributed by atoms with E-state index in [4.69, 9.17) is 42.8 Å². The molecule has 10 heteroatoms. The second-order valence-corrected chi connectivity index (χ2v) is 8.93. The van der Waals surface area contributed by atoms with Crippen LogP contribution in [0.15, 0.2) is 35.1 Å². The summed E-state index contributed by atoms with van der Waals surface area (Å²) in [7, 11) is 0. The molecule has 0 saturated heterocycles. The van der Waals surface area contributed by atoms with Gasteiger partial charge in [-0.15, -0.1) is 0 Å². The number of carbonyl (C=O) groups is 1. The molecule has 0 saturated carbocycles. The number of hydrogen-bond acceptors (Lipinski definition) is 6. The van der Waals surface area contributed by atoms with Gasteiger partial charge in [-0.3, -0.25) is 0 Å². The summed E-state index contributed by atoms with van der Waals surface area (Å²) in [6.07, 6.45) is 5.65. The summed E-state index contributed by atoms with van der Waals surface area (Å²) in [5.74, 6) is -0.0761. The Hall–Kier alpha value is -2.97. The van der Waals surface area contributed by atoms with Gasteiger partial charge in [0.15, 0.2) is 11.4 Å². The Balaban J connectivity index is 1.51. The second kappa shape index (κ2) is 10.1. The fourth-order valence-corrected chi connectivity index (χ4v) is 4.34. The van der Waals surface area contributed by atoms with Gasteiger partial charge in [0.2, 0.25) is 5.75 Å². The maximum absolute atomic E-state index is 13.8. The Bertz CT molecular complexity index is 1260. The molecule has 1 aromatic carbocycles. The topological polar surface area (TPSA) is 90.8 Å². The van der Waals surface area contributed by atoms with Gasteiger partial charge in [-0.1, -0.05) is 29.3 Å². The molecule has 0 aliphatic carbocycles. The lowest BCUT2D eigenvalue weighted by Crippen LogP contribution is -2.36. The number of nitrogens with two attached hydrogens (primary N) is 1. The van der Waals surface area contributed by atoms with Gasteiger partial charge in [-0.05, 0) is 43.5 Å². The molecule has 1 amide bonds. The van der Waals surface area contributed by atoms with E-state index in [-0.39, 0.29) is 36.1 Å². The molecular formula is C24H24Cl2FN3O4. The Morgan fingerprint density at radius 2 is 2.15 bits per heavy atom. The van der Waals surface area contributed by atoms with Crippen LogP contribution in [0.2, 0.25) is 10.0 Å². The third kappa shape index (κ3) is 4.93. The highest BCUT2D eigenvalue weighted by Crippen LogP contribution is 2.38. The van der Waals surface area contributed by atoms with Gasteiger partial charge in [0.05, 0.1) is 29.4 Å². The van der Waals surface area contributed by atoms with Crippen LogP contribution in [0.25, 0.3) is 16.5 Å². The van der Waals surface area contributed by atoms with E-state index in [1.54, 1.807) is 17.4 Å². The maximum atomic E-state index is 13.8. The Kier molecular flexibility index (Phi) is 7.19. The number of nitrogens with zero attached hydrogens (tertiary/aromatic N) is 2. The Morgan fingerprint density at radius 3 is 2.85 bits per heavy atom. The molecule has 2 aromatic heterocycles. The largest absolute Gasteiger partial charge is 0.486 e. The lowest BCUT2D eigenvalue weighted by atomic mass is 10.00. The first-order valence-corrected chi connectivity index (χ1v) is 11.6. The van der Waals surface area contributed by atoms with Crippen LogP contribution in [-0.4, -0.2) is 41.8 Å². The molecule has 0 bridgehead atoms. The summed E-state index contributed by atoms with van der Waals surface area (Å²) >= 11 is 12.2. The highest BCUT2D eigenvalue weighted by Gasteiger charge is 2.23. The molecule has 180 valence electrons. The van der Waals surface area contributed by atoms with Crippen molar-refractivity contribution in [2.24, 2.45) is 0 Å². The zero-order chi connectivity index (χ0) is 24.4. The molecule has 0 spiro atoms. The van der Waals surface area contributed by atoms with Gasteiger partial charge < -0.3 is 24.5 Å². The van der Waals surface area contributed by atoms with Crippen LogP contribution in [0.4, 0.5) is 15.0 Å². The van der Waals surface area contributed by atoms with Gasteiger partial charge >= 0.3 is 6.09 Å². The van der Waals surface area contributed by atoms with E-state index in [1.807, 2.05) is 19.9 Å². The van der Waals surface area contributed by atoms with Crippen molar-refractivity contribution >= 4 is 51.7 Å². The molecule has 0 radical (unpaired) electrons. The Labute approximate surface area is 206 Å². The minimum absolute atomic E-state index is 0.0313. The zero-order valence-electron chi connectivity index (χ0n) is 18.7. The van der Waals surface area contributed by atoms with E-state index in [2.05, 4.69) is 4.98 Å². The van der Waals surface area contributed by atoms with Crippen molar-refractivity contribution in [3.8, 4) is 5.75 Å². The monoisotopic (exact) mass is 507 g/mol. The van der Waals surface area contributed by atoms with Gasteiger partial charge in [-0.25, -0.2) is 14.2 Å². The molecule has 4 rings (SSSR count). The molecule has 34 heavy (non-hydrogen) atoms. The number of pyridine rings is 1. The molecule has 3 heterocycles. The highest BCUT2D eigenvalue weighted by atomic mass is 35.5. The van der Waals surface area contributed by atoms with Gasteiger partial charge in [0.25, 0.3) is 0 Å². The molecule has 7 nitrogen and oxygen atoms in total. The smallest absolute Gasteiger partial charge is 0.410 e. The number of anilines is 1. The summed E-state index contributed by atoms with van der Waals surface area (Å²) in [5.41, 5.74) is 8.85. The number of hydrogen-bond donors (Lipinski definition) is 1. The molecule has 0 fully saturated rings. The van der Waals surface area contributed by atoms with Crippen molar-refractivity contribution in [3.63, 3.8) is 0 Å². The van der Waals surface area contributed by atoms with Gasteiger partial charge in [0.1, 0.15) is 5.82 Å². The average Bonchev–Trinajstić information content (AvgIpc) is 3.24. The van der Waals surface area contributed by atoms with Crippen LogP contribution in [0.3, 0.4) is 0 Å². The highest BCUT2D eigenvalue weighted by molar-refractivity contribution is 6.36. The van der Waals surface area contributed by atoms with Gasteiger partial charge in [-0.2, -0.15) is 0 Å². The lowest BCUT2D eigenvalue weighted by Gasteiger charge is -2.26. The number of halogens is 3. The first-order chi connectivity index (χ1) is 16.3. The van der Waals surface area contributed by atoms with E-state index in [9.17, 15) is 9.18 Å². The minimum atomic E-state index is -0.545. The molecule has 3 aromatic rings. The SMILES string of the molecule is CC(C)OC(=O)N1CC=C(c2coc3c(OCCc4c(Cl)ccc(F)c4Cl)c(N)ncc23)CC1. The van der Waals surface area contributed by atoms with Crippen molar-refractivity contribution < 1.29 is 23.1 Å². The van der Waals surface area contributed by atoms with Crippen molar-refractivity contribution in [2.45, 2.75) is 32.8 Å². The third-order valence-electron chi connectivity index (χ3n) is 5.49. The Morgan fingerprint density at radius 1 is 1.35 bits per heavy atom. The predicted molar refractivity (Wildman–Crippen MR) is 130 cm³/mol. The third-order valence-corrected chi connectivity index (χ3v) is 6.25. The zero-order valence-corrected chi connectivity index (χ0v) is 20.3. The summed E-state index contributed by atoms with van der Waals surface area (Å²) in [6.45, 7) is 4.75. The van der Waals surface area contributed by atoms with Crippen LogP contribution in [0, 0.1) is 5.82 Å². The molecule has 1 aliphatic rings. The van der Waals surface area contributed by atoms with E-state index in [0.29, 0.717) is 41.4 Å². The van der Waals surface area contributed by atoms with E-state index in [0.717, 1.165) is 16.5 Å². The number of rotatable bonds is 6. The number of furan rings is 1. The summed E-state index contributed by atoms with van der Waals surface area (Å²) in [4.78, 5) is 18.0. The number of benzene rings is 1. The number of nitrogen functional groups attached to an aromatic ring is 1. The lowest BCUT2D eigenvalue weighted by molar-refractivity contribution is 0.0799. The van der Waals surface area contributed by atoms with E-state index >= 15 is 0 Å². The molecular weight excluding hydrogens is 484 g/mol. The first-order valence-electron chi connectivity index (χ1n) is 10.8. The van der Waals surface area contributed by atoms with Gasteiger partial charge in [0, 0.05) is 36.3 Å². The second-order valence-electron chi connectivity index (χ2n) is 8.14. The molecule has 0 atom stereocenters. The van der Waals surface area contributed by atoms with Crippen molar-refractivity contribution in [2.75, 3.05) is 25.4 Å². The molecule has 0 unspecified atom stereocenters. The van der Waals surface area contributed by atoms with Crippen LogP contribution >= 0.6 is 23.2 Å². The standard InChI is InChI=1S/C24H24Cl2FN3O4/c1-13(2)34-24(31)30-8-5-14(6-9-30)17-12-33-21-16(17)11-29-23(28)22(21)32-10-7-15-18(25)3-4-19(27)20(15)26/h3-5,11-13H,6-10H2,1-2H3,(H2,28,29). The summed E-state index contributed by atoms with van der Waals surface area (Å²) in [5, 5.41) is 1.07. The number of carbonyl (C=O) groups excluding carboxylic acids is 1. The number of amides is 1. The van der Waals surface area contributed by atoms with E-state index < -0.39 is 5.82 Å². The first kappa shape index (κ1) is 24.2. The van der Waals surface area contributed by atoms with E-state index in [1.165, 1.54) is 12.1 Å². The van der Waals surface area contributed by atoms with Crippen LogP contribution < -0.4 is 10.5 Å². The molecule has 1 aliphatic heterocycles. The normalized spacial score (nSPS) is 13.9. The fourth-order valence-electron chi connectivity index (χ4n) is 3.78. The predicted octanol–water partition coefficient (Wildman–Crippen LogP) is 6.11. The summed E-state index contributed by atoms with van der Waals surface area (Å²) in [6, 6.07) is 2.67. The minimum Gasteiger partial charge on any atom is -0.486 e. The van der Waals surface area contributed by atoms with Crippen molar-refractivity contribution in [3.05, 3.63) is 57.7 Å². The van der Waals surface area contributed by atoms with Crippen LogP contribution in [0.5, 0.6) is 5.75 Å². The quantitative estimate of drug-likeness (QED) is 0.404. The molecule has 2 N–H and O–H groups in total. The number of aromatic nitrogens is 1. The summed E-state index contributed by atoms with van der Waals surface area (Å²) < 4.78 is 30.7. The van der Waals surface area contributed by atoms with Crippen molar-refractivity contribution in [1.82, 2.24) is 9.88 Å². The van der Waals surface area contributed by atoms with Crippen LogP contribution in [0.1, 0.15) is 31.4 Å².